The van der Waals surface area contributed by atoms with Crippen molar-refractivity contribution < 1.29 is 0 Å². The number of halogens is 2. The Kier molecular flexibility index (Phi) is 5.14. The third-order valence-electron chi connectivity index (χ3n) is 1.72. The molecule has 14 heavy (non-hydrogen) atoms. The van der Waals surface area contributed by atoms with Gasteiger partial charge in [0.05, 0.1) is 0 Å². The molecule has 3 heteroatoms. The monoisotopic (exact) mass is 247 g/mol. The number of hydrogen-bond donors (Lipinski definition) is 0. The molecule has 1 atom stereocenters. The molecule has 0 saturated heterocycles. The molecule has 0 aliphatic heterocycles. The summed E-state index contributed by atoms with van der Waals surface area (Å²) in [6, 6.07) is 5.67. The van der Waals surface area contributed by atoms with E-state index in [1.807, 2.05) is 23.9 Å². The Labute approximate surface area is 100.0 Å². The summed E-state index contributed by atoms with van der Waals surface area (Å²) in [7, 11) is 0. The third kappa shape index (κ3) is 4.59. The van der Waals surface area contributed by atoms with Gasteiger partial charge in [-0.2, -0.15) is 11.8 Å². The molecule has 1 aromatic rings. The van der Waals surface area contributed by atoms with E-state index in [4.69, 9.17) is 23.2 Å². The number of hydrogen-bond acceptors (Lipinski definition) is 1. The first-order valence-electron chi connectivity index (χ1n) is 4.47. The van der Waals surface area contributed by atoms with Crippen LogP contribution in [0.4, 0.5) is 0 Å². The molecular formula is C11H13Cl2S. The summed E-state index contributed by atoms with van der Waals surface area (Å²) in [5, 5.41) is 1.85. The van der Waals surface area contributed by atoms with Crippen LogP contribution in [-0.4, -0.2) is 11.0 Å². The Hall–Kier alpha value is 0.150. The van der Waals surface area contributed by atoms with Crippen molar-refractivity contribution >= 4 is 35.0 Å². The predicted octanol–water partition coefficient (Wildman–Crippen LogP) is 4.49. The summed E-state index contributed by atoms with van der Waals surface area (Å²) in [4.78, 5) is 0. The number of rotatable bonds is 4. The summed E-state index contributed by atoms with van der Waals surface area (Å²) >= 11 is 13.6. The number of thioether (sulfide) groups is 1. The molecule has 0 heterocycles. The molecule has 1 radical (unpaired) electrons. The summed E-state index contributed by atoms with van der Waals surface area (Å²) in [6.07, 6.45) is 0.991. The molecule has 0 fully saturated rings. The van der Waals surface area contributed by atoms with Gasteiger partial charge in [-0.1, -0.05) is 30.1 Å². The number of benzene rings is 1. The second kappa shape index (κ2) is 5.89. The lowest BCUT2D eigenvalue weighted by Crippen LogP contribution is -1.94. The predicted molar refractivity (Wildman–Crippen MR) is 67.4 cm³/mol. The van der Waals surface area contributed by atoms with E-state index < -0.39 is 0 Å². The van der Waals surface area contributed by atoms with Crippen molar-refractivity contribution in [1.82, 2.24) is 0 Å². The zero-order valence-corrected chi connectivity index (χ0v) is 10.4. The molecule has 0 N–H and O–H groups in total. The van der Waals surface area contributed by atoms with Gasteiger partial charge in [0.15, 0.2) is 0 Å². The van der Waals surface area contributed by atoms with Crippen LogP contribution in [0.2, 0.25) is 10.0 Å². The molecule has 1 rings (SSSR count). The lowest BCUT2D eigenvalue weighted by atomic mass is 10.2. The van der Waals surface area contributed by atoms with Gasteiger partial charge in [-0.05, 0) is 42.9 Å². The van der Waals surface area contributed by atoms with Crippen molar-refractivity contribution in [1.29, 1.82) is 0 Å². The lowest BCUT2D eigenvalue weighted by molar-refractivity contribution is 1.14. The molecule has 0 nitrogen and oxygen atoms in total. The van der Waals surface area contributed by atoms with Gasteiger partial charge in [0.1, 0.15) is 0 Å². The molecule has 0 amide bonds. The van der Waals surface area contributed by atoms with E-state index in [0.717, 1.165) is 12.2 Å². The quantitative estimate of drug-likeness (QED) is 0.756. The molecule has 1 aromatic carbocycles. The van der Waals surface area contributed by atoms with Gasteiger partial charge in [-0.25, -0.2) is 0 Å². The fourth-order valence-corrected chi connectivity index (χ4v) is 2.46. The average molecular weight is 248 g/mol. The van der Waals surface area contributed by atoms with E-state index in [2.05, 4.69) is 13.8 Å². The molecule has 1 unspecified atom stereocenters. The van der Waals surface area contributed by atoms with Crippen LogP contribution in [-0.2, 0) is 6.42 Å². The zero-order chi connectivity index (χ0) is 10.6. The highest BCUT2D eigenvalue weighted by Gasteiger charge is 1.99. The second-order valence-electron chi connectivity index (χ2n) is 3.21. The minimum absolute atomic E-state index is 0.435. The first kappa shape index (κ1) is 12.2. The molecule has 0 spiro atoms. The highest BCUT2D eigenvalue weighted by Crippen LogP contribution is 2.20. The minimum atomic E-state index is 0.435. The maximum atomic E-state index is 5.89. The zero-order valence-electron chi connectivity index (χ0n) is 8.09. The standard InChI is InChI=1S/C11H13Cl2S/c1-8(2)14-4-3-9-5-10(12)7-11(13)6-9/h5-8H,1,3-4H2,2H3. The Morgan fingerprint density at radius 1 is 1.29 bits per heavy atom. The number of aryl methyl sites for hydroxylation is 1. The molecule has 77 valence electrons. The van der Waals surface area contributed by atoms with Crippen LogP contribution >= 0.6 is 35.0 Å². The van der Waals surface area contributed by atoms with Crippen molar-refractivity contribution in [3.63, 3.8) is 0 Å². The van der Waals surface area contributed by atoms with Gasteiger partial charge < -0.3 is 0 Å². The fraction of sp³-hybridized carbons (Fsp3) is 0.364. The van der Waals surface area contributed by atoms with Gasteiger partial charge in [0.25, 0.3) is 0 Å². The van der Waals surface area contributed by atoms with Crippen LogP contribution in [0, 0.1) is 6.92 Å². The summed E-state index contributed by atoms with van der Waals surface area (Å²) < 4.78 is 0. The van der Waals surface area contributed by atoms with Gasteiger partial charge in [0.2, 0.25) is 0 Å². The molecule has 0 aliphatic rings. The first-order valence-corrected chi connectivity index (χ1v) is 6.28. The molecular weight excluding hydrogens is 235 g/mol. The van der Waals surface area contributed by atoms with Gasteiger partial charge in [-0.15, -0.1) is 0 Å². The molecule has 0 aromatic heterocycles. The van der Waals surface area contributed by atoms with Gasteiger partial charge in [0, 0.05) is 15.3 Å². The topological polar surface area (TPSA) is 0 Å². The Bertz CT molecular complexity index is 277. The SMILES string of the molecule is [CH2]C(C)SCCc1cc(Cl)cc(Cl)c1. The van der Waals surface area contributed by atoms with Crippen molar-refractivity contribution in [2.45, 2.75) is 18.6 Å². The Balaban J connectivity index is 2.50. The van der Waals surface area contributed by atoms with E-state index in [1.54, 1.807) is 6.07 Å². The van der Waals surface area contributed by atoms with E-state index in [0.29, 0.717) is 15.3 Å². The normalized spacial score (nSPS) is 10.9. The summed E-state index contributed by atoms with van der Waals surface area (Å²) in [6.45, 7) is 6.01. The highest BCUT2D eigenvalue weighted by atomic mass is 35.5. The Morgan fingerprint density at radius 2 is 1.86 bits per heavy atom. The van der Waals surface area contributed by atoms with Crippen LogP contribution in [0.1, 0.15) is 12.5 Å². The first-order chi connectivity index (χ1) is 6.58. The highest BCUT2D eigenvalue weighted by molar-refractivity contribution is 7.99. The maximum absolute atomic E-state index is 5.89. The van der Waals surface area contributed by atoms with Crippen molar-refractivity contribution in [3.8, 4) is 0 Å². The van der Waals surface area contributed by atoms with Crippen molar-refractivity contribution in [2.24, 2.45) is 0 Å². The van der Waals surface area contributed by atoms with E-state index >= 15 is 0 Å². The van der Waals surface area contributed by atoms with Crippen molar-refractivity contribution in [3.05, 3.63) is 40.7 Å². The average Bonchev–Trinajstić information content (AvgIpc) is 2.01. The second-order valence-corrected chi connectivity index (χ2v) is 5.63. The summed E-state index contributed by atoms with van der Waals surface area (Å²) in [5.74, 6) is 1.06. The van der Waals surface area contributed by atoms with Crippen LogP contribution in [0.3, 0.4) is 0 Å². The Morgan fingerprint density at radius 3 is 2.36 bits per heavy atom. The minimum Gasteiger partial charge on any atom is -0.159 e. The molecule has 0 bridgehead atoms. The van der Waals surface area contributed by atoms with Crippen molar-refractivity contribution in [2.75, 3.05) is 5.75 Å². The van der Waals surface area contributed by atoms with Crippen LogP contribution < -0.4 is 0 Å². The van der Waals surface area contributed by atoms with E-state index in [-0.39, 0.29) is 0 Å². The summed E-state index contributed by atoms with van der Waals surface area (Å²) in [5.41, 5.74) is 1.19. The van der Waals surface area contributed by atoms with Crippen LogP contribution in [0.5, 0.6) is 0 Å². The van der Waals surface area contributed by atoms with Gasteiger partial charge in [-0.3, -0.25) is 0 Å². The lowest BCUT2D eigenvalue weighted by Gasteiger charge is -2.05. The van der Waals surface area contributed by atoms with Gasteiger partial charge >= 0.3 is 0 Å². The van der Waals surface area contributed by atoms with Crippen LogP contribution in [0.15, 0.2) is 18.2 Å². The fourth-order valence-electron chi connectivity index (χ4n) is 1.13. The molecule has 0 aliphatic carbocycles. The largest absolute Gasteiger partial charge is 0.159 e. The maximum Gasteiger partial charge on any atom is 0.0423 e. The third-order valence-corrected chi connectivity index (χ3v) is 3.16. The molecule has 0 saturated carbocycles. The van der Waals surface area contributed by atoms with E-state index in [9.17, 15) is 0 Å². The van der Waals surface area contributed by atoms with E-state index in [1.165, 1.54) is 5.56 Å². The van der Waals surface area contributed by atoms with Crippen LogP contribution in [0.25, 0.3) is 0 Å². The smallest absolute Gasteiger partial charge is 0.0423 e.